The molecule has 1 saturated heterocycles. The molecule has 0 bridgehead atoms. The van der Waals surface area contributed by atoms with Crippen molar-refractivity contribution in [3.05, 3.63) is 191 Å². The normalized spacial score (nSPS) is 17.0. The molecular formula is C64H63F15N8O16. The van der Waals surface area contributed by atoms with Gasteiger partial charge >= 0.3 is 48.6 Å². The van der Waals surface area contributed by atoms with Crippen molar-refractivity contribution in [2.75, 3.05) is 28.4 Å². The Hall–Kier alpha value is -10.4. The van der Waals surface area contributed by atoms with Crippen LogP contribution in [0.4, 0.5) is 65.9 Å². The zero-order valence-electron chi connectivity index (χ0n) is 61.2. The lowest BCUT2D eigenvalue weighted by molar-refractivity contribution is -0.154. The predicted octanol–water partition coefficient (Wildman–Crippen LogP) is 10.3. The number of ether oxygens (including phenoxy) is 9. The van der Waals surface area contributed by atoms with Crippen molar-refractivity contribution in [2.45, 2.75) is 126 Å². The topological polar surface area (TPSA) is 287 Å². The first kappa shape index (κ1) is 69.7. The van der Waals surface area contributed by atoms with Crippen LogP contribution in [0.15, 0.2) is 146 Å². The molecular weight excluding hydrogens is 1420 g/mol. The summed E-state index contributed by atoms with van der Waals surface area (Å²) in [6, 6.07) is 25.3. The molecule has 560 valence electrons. The number of carbonyl (C=O) groups excluding carboxylic acids is 4. The number of aromatic nitrogens is 8. The molecule has 24 nitrogen and oxygen atoms in total. The number of aliphatic hydroxyl groups is 3. The monoisotopic (exact) mass is 1490 g/mol. The maximum absolute atomic E-state index is 14.5. The number of alkyl halides is 15. The number of epoxide rings is 1. The highest BCUT2D eigenvalue weighted by atomic mass is 19.4. The highest BCUT2D eigenvalue weighted by molar-refractivity contribution is 5.79. The van der Waals surface area contributed by atoms with Crippen LogP contribution in [0.5, 0.6) is 23.0 Å². The van der Waals surface area contributed by atoms with Gasteiger partial charge in [-0.1, -0.05) is 72.8 Å². The van der Waals surface area contributed by atoms with Gasteiger partial charge in [0.05, 0.1) is 62.2 Å². The summed E-state index contributed by atoms with van der Waals surface area (Å²) in [7, 11) is 4.05. The molecule has 8 atom stereocenters. The summed E-state index contributed by atoms with van der Waals surface area (Å²) in [5.41, 5.74) is -2.81. The number of para-hydroxylation sites is 4. The second-order valence-corrected chi connectivity index (χ2v) is 20.5. The van der Waals surface area contributed by atoms with Crippen LogP contribution in [0, 0.1) is 0 Å². The van der Waals surface area contributed by atoms with Crippen LogP contribution in [-0.2, 0) is 95.3 Å². The summed E-state index contributed by atoms with van der Waals surface area (Å²) in [4.78, 5) is 45.6. The third-order valence-electron chi connectivity index (χ3n) is 13.2. The molecule has 0 saturated carbocycles. The molecule has 3 N–H and O–H groups in total. The molecule has 9 rings (SSSR count). The standard InChI is InChI=1S/3C16H16F4N2O4.C16H15F3N2O4/c3*1-25-15(24)14(23)13(17)11-4-2-3-5-12(11)26-8-10-6-7-21-22(10)9-16(18,19)20;1-23-15(22)14-13(25-14)11-4-2-3-5-12(11)24-8-10-6-7-20-21(10)9-16(17,18)19/h3*2-7,13-14,23H,8-9H2,1H3;2-7,13-14H,8-9H2,1H3/t2*13-,14+;;/m10../s1/i4*8D2. The number of halogens is 15. The van der Waals surface area contributed by atoms with Crippen molar-refractivity contribution in [1.29, 1.82) is 0 Å². The van der Waals surface area contributed by atoms with E-state index in [1.54, 1.807) is 18.2 Å². The Labute approximate surface area is 584 Å². The Balaban J connectivity index is 0.000000231. The molecule has 1 aliphatic rings. The van der Waals surface area contributed by atoms with Crippen LogP contribution < -0.4 is 18.9 Å². The Morgan fingerprint density at radius 1 is 0.417 bits per heavy atom. The number of hydrogen-bond acceptors (Lipinski definition) is 20. The number of carbonyl (C=O) groups is 4. The van der Waals surface area contributed by atoms with Crippen LogP contribution in [0.25, 0.3) is 0 Å². The van der Waals surface area contributed by atoms with Gasteiger partial charge in [0.15, 0.2) is 42.9 Å². The first-order valence-corrected chi connectivity index (χ1v) is 28.9. The van der Waals surface area contributed by atoms with Crippen molar-refractivity contribution >= 4 is 23.9 Å². The molecule has 103 heavy (non-hydrogen) atoms. The largest absolute Gasteiger partial charge is 0.487 e. The van der Waals surface area contributed by atoms with Crippen LogP contribution in [0.3, 0.4) is 0 Å². The van der Waals surface area contributed by atoms with E-state index < -0.39 is 190 Å². The van der Waals surface area contributed by atoms with E-state index in [1.165, 1.54) is 49.6 Å². The molecule has 4 unspecified atom stereocenters. The average Bonchev–Trinajstić information content (AvgIpc) is 1.63. The van der Waals surface area contributed by atoms with Gasteiger partial charge in [-0.2, -0.15) is 73.1 Å². The minimum atomic E-state index is -4.65. The summed E-state index contributed by atoms with van der Waals surface area (Å²) >= 11 is 0. The van der Waals surface area contributed by atoms with Crippen LogP contribution in [0.2, 0.25) is 0 Å². The summed E-state index contributed by atoms with van der Waals surface area (Å²) in [5.74, 6) is -5.55. The number of benzene rings is 4. The molecule has 0 radical (unpaired) electrons. The van der Waals surface area contributed by atoms with Crippen molar-refractivity contribution in [3.8, 4) is 23.0 Å². The van der Waals surface area contributed by atoms with E-state index in [0.717, 1.165) is 107 Å². The van der Waals surface area contributed by atoms with E-state index >= 15 is 0 Å². The Morgan fingerprint density at radius 3 is 0.932 bits per heavy atom. The van der Waals surface area contributed by atoms with Crippen LogP contribution >= 0.6 is 0 Å². The second kappa shape index (κ2) is 37.0. The second-order valence-electron chi connectivity index (χ2n) is 20.5. The molecule has 1 aliphatic heterocycles. The fraction of sp³-hybridized carbons (Fsp3) is 0.375. The zero-order chi connectivity index (χ0) is 83.2. The lowest BCUT2D eigenvalue weighted by atomic mass is 10.0. The summed E-state index contributed by atoms with van der Waals surface area (Å²) in [6.45, 7) is -17.2. The summed E-state index contributed by atoms with van der Waals surface area (Å²) in [5, 5.41) is 42.8. The molecule has 8 aromatic rings. The van der Waals surface area contributed by atoms with E-state index in [4.69, 9.17) is 34.7 Å². The smallest absolute Gasteiger partial charge is 0.408 e. The number of methoxy groups -OCH3 is 4. The Morgan fingerprint density at radius 2 is 0.670 bits per heavy atom. The molecule has 1 fully saturated rings. The highest BCUT2D eigenvalue weighted by Crippen LogP contribution is 2.44. The molecule has 5 heterocycles. The van der Waals surface area contributed by atoms with Crippen molar-refractivity contribution < 1.29 is 154 Å². The number of hydrogen-bond donors (Lipinski definition) is 3. The fourth-order valence-electron chi connectivity index (χ4n) is 8.38. The predicted molar refractivity (Wildman–Crippen MR) is 321 cm³/mol. The van der Waals surface area contributed by atoms with E-state index in [9.17, 15) is 100 Å². The van der Waals surface area contributed by atoms with Gasteiger partial charge < -0.3 is 58.0 Å². The van der Waals surface area contributed by atoms with Crippen molar-refractivity contribution in [2.24, 2.45) is 0 Å². The minimum absolute atomic E-state index is 0.0404. The SMILES string of the molecule is [2H]C([2H])(Oc1ccccc1C(F)C(O)C(=O)OC)c1ccnn1CC(F)(F)F.[2H]C([2H])(Oc1ccccc1C1OC1C(=O)OC)c1ccnn1CC(F)(F)F.[2H]C([2H])(Oc1ccccc1[C@@H](F)[C@H](O)C(=O)OC)c1ccnn1CC(F)(F)F.[2H]C([2H])(Oc1ccccc1[C@H](F)[C@@H](O)C(=O)OC)c1ccnn1CC(F)(F)F. The summed E-state index contributed by atoms with van der Waals surface area (Å²) in [6.07, 6.45) is -29.6. The third-order valence-corrected chi connectivity index (χ3v) is 13.2. The highest BCUT2D eigenvalue weighted by Gasteiger charge is 2.48. The Kier molecular flexibility index (Phi) is 25.0. The molecule has 4 aromatic carbocycles. The number of esters is 4. The maximum atomic E-state index is 14.5. The lowest BCUT2D eigenvalue weighted by Crippen LogP contribution is -2.27. The van der Waals surface area contributed by atoms with Gasteiger partial charge in [-0.15, -0.1) is 0 Å². The number of rotatable bonds is 27. The first-order chi connectivity index (χ1) is 51.5. The number of nitrogens with zero attached hydrogens (tertiary/aromatic N) is 8. The van der Waals surface area contributed by atoms with Gasteiger partial charge in [-0.3, -0.25) is 18.7 Å². The number of aliphatic hydroxyl groups excluding tert-OH is 3. The molecule has 0 spiro atoms. The molecule has 0 aliphatic carbocycles. The van der Waals surface area contributed by atoms with Crippen LogP contribution in [-0.4, -0.2) is 156 Å². The Bertz CT molecular complexity index is 4100. The van der Waals surface area contributed by atoms with Gasteiger partial charge in [-0.25, -0.2) is 32.3 Å². The molecule has 0 amide bonds. The summed E-state index contributed by atoms with van der Waals surface area (Å²) < 4.78 is 304. The maximum Gasteiger partial charge on any atom is 0.408 e. The van der Waals surface area contributed by atoms with Gasteiger partial charge in [0, 0.05) is 47.0 Å². The molecule has 4 aromatic heterocycles. The van der Waals surface area contributed by atoms with E-state index in [1.807, 2.05) is 0 Å². The fourth-order valence-corrected chi connectivity index (χ4v) is 8.38. The minimum Gasteiger partial charge on any atom is -0.487 e. The van der Waals surface area contributed by atoms with Crippen molar-refractivity contribution in [1.82, 2.24) is 39.1 Å². The van der Waals surface area contributed by atoms with Crippen molar-refractivity contribution in [3.63, 3.8) is 0 Å². The van der Waals surface area contributed by atoms with Crippen LogP contribution in [0.1, 0.15) is 80.6 Å². The van der Waals surface area contributed by atoms with Gasteiger partial charge in [-0.05, 0) is 48.5 Å². The first-order valence-electron chi connectivity index (χ1n) is 32.9. The van der Waals surface area contributed by atoms with E-state index in [-0.39, 0.29) is 22.4 Å². The van der Waals surface area contributed by atoms with E-state index in [2.05, 4.69) is 39.3 Å². The van der Waals surface area contributed by atoms with Gasteiger partial charge in [0.1, 0.15) is 81.5 Å². The van der Waals surface area contributed by atoms with Gasteiger partial charge in [0.2, 0.25) is 0 Å². The lowest BCUT2D eigenvalue weighted by Gasteiger charge is -2.18. The zero-order valence-corrected chi connectivity index (χ0v) is 53.2. The van der Waals surface area contributed by atoms with Gasteiger partial charge in [0.25, 0.3) is 0 Å². The quantitative estimate of drug-likeness (QED) is 0.0187. The molecule has 39 heteroatoms. The third kappa shape index (κ3) is 25.0. The average molecular weight is 1490 g/mol. The van der Waals surface area contributed by atoms with E-state index in [0.29, 0.717) is 24.3 Å².